The molecule has 3 aromatic carbocycles. The van der Waals surface area contributed by atoms with Crippen LogP contribution in [-0.4, -0.2) is 15.7 Å². The average Bonchev–Trinajstić information content (AvgIpc) is 3.15. The zero-order valence-corrected chi connectivity index (χ0v) is 15.8. The van der Waals surface area contributed by atoms with Crippen molar-refractivity contribution in [3.63, 3.8) is 0 Å². The molecule has 0 fully saturated rings. The third-order valence-corrected chi connectivity index (χ3v) is 4.61. The van der Waals surface area contributed by atoms with Gasteiger partial charge in [0.15, 0.2) is 0 Å². The third kappa shape index (κ3) is 4.30. The molecule has 0 unspecified atom stereocenters. The van der Waals surface area contributed by atoms with E-state index in [-0.39, 0.29) is 5.91 Å². The molecule has 0 saturated carbocycles. The Kier molecular flexibility index (Phi) is 5.22. The fraction of sp³-hybridized carbons (Fsp3) is 0.0435. The lowest BCUT2D eigenvalue weighted by atomic mass is 10.0. The van der Waals surface area contributed by atoms with Crippen molar-refractivity contribution in [3.8, 4) is 11.1 Å². The first-order valence-electron chi connectivity index (χ1n) is 8.91. The summed E-state index contributed by atoms with van der Waals surface area (Å²) in [4.78, 5) is 12.5. The molecule has 0 aliphatic carbocycles. The van der Waals surface area contributed by atoms with Crippen LogP contribution in [0.1, 0.15) is 15.9 Å². The van der Waals surface area contributed by atoms with Gasteiger partial charge in [-0.25, -0.2) is 0 Å². The number of anilines is 1. The van der Waals surface area contributed by atoms with Crippen LogP contribution in [0.4, 0.5) is 5.69 Å². The largest absolute Gasteiger partial charge is 0.319 e. The van der Waals surface area contributed by atoms with Crippen molar-refractivity contribution in [2.75, 3.05) is 5.32 Å². The van der Waals surface area contributed by atoms with Gasteiger partial charge in [0.2, 0.25) is 0 Å². The molecule has 0 spiro atoms. The molecule has 4 aromatic rings. The number of amides is 1. The van der Waals surface area contributed by atoms with Crippen LogP contribution < -0.4 is 5.32 Å². The quantitative estimate of drug-likeness (QED) is 0.491. The number of nitrogens with one attached hydrogen (secondary N) is 1. The third-order valence-electron chi connectivity index (χ3n) is 4.38. The summed E-state index contributed by atoms with van der Waals surface area (Å²) >= 11 is 6.02. The number of hydrogen-bond donors (Lipinski definition) is 1. The van der Waals surface area contributed by atoms with E-state index in [1.165, 1.54) is 0 Å². The Morgan fingerprint density at radius 1 is 0.929 bits per heavy atom. The standard InChI is InChI=1S/C23H18ClN3O/c24-21-8-4-5-17(13-21)15-27-16-22(14-25-27)26-23(28)20-11-9-19(10-12-20)18-6-2-1-3-7-18/h1-14,16H,15H2,(H,26,28). The first-order valence-corrected chi connectivity index (χ1v) is 9.29. The highest BCUT2D eigenvalue weighted by Crippen LogP contribution is 2.20. The molecule has 0 saturated heterocycles. The predicted octanol–water partition coefficient (Wildman–Crippen LogP) is 5.50. The number of carbonyl (C=O) groups excluding carboxylic acids is 1. The van der Waals surface area contributed by atoms with E-state index >= 15 is 0 Å². The van der Waals surface area contributed by atoms with E-state index < -0.39 is 0 Å². The zero-order chi connectivity index (χ0) is 19.3. The monoisotopic (exact) mass is 387 g/mol. The Hall–Kier alpha value is -3.37. The van der Waals surface area contributed by atoms with Gasteiger partial charge in [-0.1, -0.05) is 66.2 Å². The van der Waals surface area contributed by atoms with Crippen molar-refractivity contribution in [2.45, 2.75) is 6.54 Å². The van der Waals surface area contributed by atoms with E-state index in [9.17, 15) is 4.79 Å². The molecule has 4 rings (SSSR count). The van der Waals surface area contributed by atoms with E-state index in [1.54, 1.807) is 17.1 Å². The Balaban J connectivity index is 1.42. The maximum atomic E-state index is 12.5. The minimum atomic E-state index is -0.165. The molecule has 0 bridgehead atoms. The minimum Gasteiger partial charge on any atom is -0.319 e. The van der Waals surface area contributed by atoms with Gasteiger partial charge in [-0.3, -0.25) is 9.48 Å². The van der Waals surface area contributed by atoms with Gasteiger partial charge in [0.1, 0.15) is 0 Å². The molecular formula is C23H18ClN3O. The summed E-state index contributed by atoms with van der Waals surface area (Å²) in [7, 11) is 0. The first-order chi connectivity index (χ1) is 13.7. The second-order valence-corrected chi connectivity index (χ2v) is 6.89. The first kappa shape index (κ1) is 18.0. The molecule has 0 aliphatic rings. The van der Waals surface area contributed by atoms with Crippen LogP contribution in [0.25, 0.3) is 11.1 Å². The highest BCUT2D eigenvalue weighted by atomic mass is 35.5. The second-order valence-electron chi connectivity index (χ2n) is 6.45. The van der Waals surface area contributed by atoms with E-state index in [4.69, 9.17) is 11.6 Å². The van der Waals surface area contributed by atoms with Crippen molar-refractivity contribution >= 4 is 23.2 Å². The molecule has 1 aromatic heterocycles. The van der Waals surface area contributed by atoms with Gasteiger partial charge in [-0.05, 0) is 41.0 Å². The lowest BCUT2D eigenvalue weighted by Gasteiger charge is -2.05. The van der Waals surface area contributed by atoms with Crippen molar-refractivity contribution in [1.82, 2.24) is 9.78 Å². The zero-order valence-electron chi connectivity index (χ0n) is 15.0. The van der Waals surface area contributed by atoms with Crippen LogP contribution in [0.2, 0.25) is 5.02 Å². The Labute approximate surface area is 168 Å². The Bertz CT molecular complexity index is 1090. The molecule has 4 nitrogen and oxygen atoms in total. The SMILES string of the molecule is O=C(Nc1cnn(Cc2cccc(Cl)c2)c1)c1ccc(-c2ccccc2)cc1. The van der Waals surface area contributed by atoms with E-state index in [0.29, 0.717) is 22.8 Å². The molecule has 138 valence electrons. The molecule has 5 heteroatoms. The normalized spacial score (nSPS) is 10.6. The maximum Gasteiger partial charge on any atom is 0.255 e. The van der Waals surface area contributed by atoms with Crippen LogP contribution in [-0.2, 0) is 6.54 Å². The number of aromatic nitrogens is 2. The van der Waals surface area contributed by atoms with Gasteiger partial charge in [-0.15, -0.1) is 0 Å². The van der Waals surface area contributed by atoms with Crippen LogP contribution in [0.15, 0.2) is 91.3 Å². The maximum absolute atomic E-state index is 12.5. The van der Waals surface area contributed by atoms with E-state index in [1.807, 2.05) is 78.9 Å². The van der Waals surface area contributed by atoms with Gasteiger partial charge in [-0.2, -0.15) is 5.10 Å². The van der Waals surface area contributed by atoms with Crippen LogP contribution in [0, 0.1) is 0 Å². The van der Waals surface area contributed by atoms with Crippen molar-refractivity contribution in [2.24, 2.45) is 0 Å². The summed E-state index contributed by atoms with van der Waals surface area (Å²) in [6.45, 7) is 0.586. The fourth-order valence-electron chi connectivity index (χ4n) is 2.98. The van der Waals surface area contributed by atoms with E-state index in [0.717, 1.165) is 16.7 Å². The number of rotatable bonds is 5. The van der Waals surface area contributed by atoms with Gasteiger partial charge in [0.25, 0.3) is 5.91 Å². The Morgan fingerprint density at radius 3 is 2.43 bits per heavy atom. The molecule has 1 amide bonds. The summed E-state index contributed by atoms with van der Waals surface area (Å²) in [6, 6.07) is 25.3. The second kappa shape index (κ2) is 8.11. The Morgan fingerprint density at radius 2 is 1.68 bits per heavy atom. The lowest BCUT2D eigenvalue weighted by Crippen LogP contribution is -2.11. The molecular weight excluding hydrogens is 370 g/mol. The molecule has 0 aliphatic heterocycles. The number of benzene rings is 3. The topological polar surface area (TPSA) is 46.9 Å². The minimum absolute atomic E-state index is 0.165. The van der Waals surface area contributed by atoms with Gasteiger partial charge >= 0.3 is 0 Å². The van der Waals surface area contributed by atoms with Crippen LogP contribution in [0.5, 0.6) is 0 Å². The molecule has 0 atom stereocenters. The van der Waals surface area contributed by atoms with Crippen LogP contribution in [0.3, 0.4) is 0 Å². The number of carbonyl (C=O) groups is 1. The molecule has 1 heterocycles. The van der Waals surface area contributed by atoms with Crippen molar-refractivity contribution < 1.29 is 4.79 Å². The molecule has 0 radical (unpaired) electrons. The van der Waals surface area contributed by atoms with E-state index in [2.05, 4.69) is 10.4 Å². The number of halogens is 1. The highest BCUT2D eigenvalue weighted by molar-refractivity contribution is 6.30. The summed E-state index contributed by atoms with van der Waals surface area (Å²) in [5, 5.41) is 7.88. The highest BCUT2D eigenvalue weighted by Gasteiger charge is 2.08. The predicted molar refractivity (Wildman–Crippen MR) is 113 cm³/mol. The summed E-state index contributed by atoms with van der Waals surface area (Å²) in [6.07, 6.45) is 3.44. The lowest BCUT2D eigenvalue weighted by molar-refractivity contribution is 0.102. The average molecular weight is 388 g/mol. The number of hydrogen-bond acceptors (Lipinski definition) is 2. The number of nitrogens with zero attached hydrogens (tertiary/aromatic N) is 2. The summed E-state index contributed by atoms with van der Waals surface area (Å²) in [5.41, 5.74) is 4.50. The smallest absolute Gasteiger partial charge is 0.255 e. The molecule has 28 heavy (non-hydrogen) atoms. The van der Waals surface area contributed by atoms with Crippen molar-refractivity contribution in [1.29, 1.82) is 0 Å². The van der Waals surface area contributed by atoms with Gasteiger partial charge < -0.3 is 5.32 Å². The summed E-state index contributed by atoms with van der Waals surface area (Å²) < 4.78 is 1.76. The van der Waals surface area contributed by atoms with Crippen molar-refractivity contribution in [3.05, 3.63) is 107 Å². The molecule has 1 N–H and O–H groups in total. The van der Waals surface area contributed by atoms with Gasteiger partial charge in [0.05, 0.1) is 18.4 Å². The summed E-state index contributed by atoms with van der Waals surface area (Å²) in [5.74, 6) is -0.165. The fourth-order valence-corrected chi connectivity index (χ4v) is 3.20. The van der Waals surface area contributed by atoms with Gasteiger partial charge in [0, 0.05) is 16.8 Å². The van der Waals surface area contributed by atoms with Crippen LogP contribution >= 0.6 is 11.6 Å².